The Balaban J connectivity index is 2.37. The molecule has 0 saturated heterocycles. The van der Waals surface area contributed by atoms with E-state index in [1.54, 1.807) is 37.5 Å². The Kier molecular flexibility index (Phi) is 3.41. The molecule has 1 aromatic carbocycles. The van der Waals surface area contributed by atoms with Gasteiger partial charge in [-0.25, -0.2) is 4.79 Å². The van der Waals surface area contributed by atoms with Gasteiger partial charge in [-0.05, 0) is 23.8 Å². The molecule has 0 aliphatic heterocycles. The number of benzene rings is 1. The van der Waals surface area contributed by atoms with Crippen molar-refractivity contribution >= 4 is 17.6 Å². The van der Waals surface area contributed by atoms with E-state index in [1.807, 2.05) is 0 Å². The second kappa shape index (κ2) is 4.84. The third-order valence-corrected chi connectivity index (χ3v) is 2.96. The van der Waals surface area contributed by atoms with Gasteiger partial charge in [0.15, 0.2) is 0 Å². The number of rotatable bonds is 3. The van der Waals surface area contributed by atoms with Crippen LogP contribution in [0.1, 0.15) is 27.7 Å². The van der Waals surface area contributed by atoms with E-state index in [-0.39, 0.29) is 5.69 Å². The Morgan fingerprint density at radius 2 is 2.06 bits per heavy atom. The van der Waals surface area contributed by atoms with Crippen LogP contribution in [0, 0.1) is 0 Å². The lowest BCUT2D eigenvalue weighted by molar-refractivity contribution is 0.0686. The minimum atomic E-state index is -1.03. The maximum absolute atomic E-state index is 10.9. The molecule has 0 bridgehead atoms. The van der Waals surface area contributed by atoms with Crippen LogP contribution in [0.25, 0.3) is 0 Å². The van der Waals surface area contributed by atoms with Gasteiger partial charge in [0.2, 0.25) is 0 Å². The first-order chi connectivity index (χ1) is 8.49. The summed E-state index contributed by atoms with van der Waals surface area (Å²) in [4.78, 5) is 10.9. The van der Waals surface area contributed by atoms with Crippen LogP contribution in [-0.4, -0.2) is 20.7 Å². The minimum Gasteiger partial charge on any atom is -0.477 e. The largest absolute Gasteiger partial charge is 0.477 e. The van der Waals surface area contributed by atoms with Crippen LogP contribution in [0.4, 0.5) is 0 Å². The standard InChI is InChI=1S/C13H12ClNO3/c1-15-7-9(6-11(15)13(17)18)12(16)8-3-2-4-10(14)5-8/h2-7,12,16H,1H3,(H,17,18). The summed E-state index contributed by atoms with van der Waals surface area (Å²) >= 11 is 5.85. The van der Waals surface area contributed by atoms with Gasteiger partial charge in [0.05, 0.1) is 0 Å². The zero-order chi connectivity index (χ0) is 13.3. The zero-order valence-corrected chi connectivity index (χ0v) is 10.4. The van der Waals surface area contributed by atoms with Gasteiger partial charge in [-0.1, -0.05) is 23.7 Å². The highest BCUT2D eigenvalue weighted by Crippen LogP contribution is 2.25. The van der Waals surface area contributed by atoms with Crippen molar-refractivity contribution in [1.82, 2.24) is 4.57 Å². The molecule has 0 aliphatic carbocycles. The first kappa shape index (κ1) is 12.7. The van der Waals surface area contributed by atoms with Crippen molar-refractivity contribution in [3.05, 3.63) is 58.4 Å². The molecule has 5 heteroatoms. The van der Waals surface area contributed by atoms with E-state index in [9.17, 15) is 9.90 Å². The molecule has 18 heavy (non-hydrogen) atoms. The van der Waals surface area contributed by atoms with Crippen LogP contribution in [0.3, 0.4) is 0 Å². The molecule has 1 unspecified atom stereocenters. The molecule has 0 spiro atoms. The lowest BCUT2D eigenvalue weighted by Crippen LogP contribution is -2.02. The fourth-order valence-electron chi connectivity index (χ4n) is 1.82. The second-order valence-corrected chi connectivity index (χ2v) is 4.47. The molecule has 2 N–H and O–H groups in total. The molecular weight excluding hydrogens is 254 g/mol. The molecule has 2 aromatic rings. The molecule has 0 saturated carbocycles. The number of aliphatic hydroxyl groups excluding tert-OH is 1. The second-order valence-electron chi connectivity index (χ2n) is 4.03. The molecule has 0 aliphatic rings. The lowest BCUT2D eigenvalue weighted by atomic mass is 10.0. The molecule has 94 valence electrons. The number of aryl methyl sites for hydroxylation is 1. The van der Waals surface area contributed by atoms with Crippen LogP contribution in [0.2, 0.25) is 5.02 Å². The summed E-state index contributed by atoms with van der Waals surface area (Å²) in [7, 11) is 1.62. The number of carboxylic acid groups (broad SMARTS) is 1. The monoisotopic (exact) mass is 265 g/mol. The smallest absolute Gasteiger partial charge is 0.352 e. The van der Waals surface area contributed by atoms with Crippen molar-refractivity contribution in [2.45, 2.75) is 6.10 Å². The van der Waals surface area contributed by atoms with E-state index in [2.05, 4.69) is 0 Å². The molecule has 0 radical (unpaired) electrons. The Bertz CT molecular complexity index is 592. The maximum atomic E-state index is 10.9. The number of aromatic carboxylic acids is 1. The van der Waals surface area contributed by atoms with E-state index in [1.165, 1.54) is 10.6 Å². The Morgan fingerprint density at radius 1 is 1.33 bits per heavy atom. The van der Waals surface area contributed by atoms with Crippen molar-refractivity contribution in [3.8, 4) is 0 Å². The predicted octanol–water partition coefficient (Wildman–Crippen LogP) is 2.46. The number of carbonyl (C=O) groups is 1. The summed E-state index contributed by atoms with van der Waals surface area (Å²) < 4.78 is 1.46. The van der Waals surface area contributed by atoms with Crippen LogP contribution in [0.15, 0.2) is 36.5 Å². The summed E-state index contributed by atoms with van der Waals surface area (Å²) in [5, 5.41) is 19.7. The number of aliphatic hydroxyl groups is 1. The van der Waals surface area contributed by atoms with E-state index < -0.39 is 12.1 Å². The third kappa shape index (κ3) is 2.39. The third-order valence-electron chi connectivity index (χ3n) is 2.73. The number of hydrogen-bond acceptors (Lipinski definition) is 2. The highest BCUT2D eigenvalue weighted by atomic mass is 35.5. The average molecular weight is 266 g/mol. The minimum absolute atomic E-state index is 0.131. The van der Waals surface area contributed by atoms with Crippen LogP contribution >= 0.6 is 11.6 Å². The van der Waals surface area contributed by atoms with E-state index in [0.29, 0.717) is 16.1 Å². The van der Waals surface area contributed by atoms with Crippen LogP contribution in [0.5, 0.6) is 0 Å². The van der Waals surface area contributed by atoms with Gasteiger partial charge in [-0.15, -0.1) is 0 Å². The number of carboxylic acids is 1. The van der Waals surface area contributed by atoms with Gasteiger partial charge >= 0.3 is 5.97 Å². The Hall–Kier alpha value is -1.78. The van der Waals surface area contributed by atoms with Gasteiger partial charge in [-0.3, -0.25) is 0 Å². The van der Waals surface area contributed by atoms with Gasteiger partial charge in [0.25, 0.3) is 0 Å². The van der Waals surface area contributed by atoms with E-state index in [4.69, 9.17) is 16.7 Å². The molecule has 4 nitrogen and oxygen atoms in total. The van der Waals surface area contributed by atoms with Crippen LogP contribution in [-0.2, 0) is 7.05 Å². The van der Waals surface area contributed by atoms with Crippen molar-refractivity contribution in [3.63, 3.8) is 0 Å². The maximum Gasteiger partial charge on any atom is 0.352 e. The summed E-state index contributed by atoms with van der Waals surface area (Å²) in [6.07, 6.45) is 0.706. The molecule has 0 fully saturated rings. The normalized spacial score (nSPS) is 12.4. The Labute approximate surface area is 109 Å². The fraction of sp³-hybridized carbons (Fsp3) is 0.154. The summed E-state index contributed by atoms with van der Waals surface area (Å²) in [5.74, 6) is -1.03. The number of aromatic nitrogens is 1. The summed E-state index contributed by atoms with van der Waals surface area (Å²) in [6, 6.07) is 8.30. The fourth-order valence-corrected chi connectivity index (χ4v) is 2.02. The molecule has 1 aromatic heterocycles. The summed E-state index contributed by atoms with van der Waals surface area (Å²) in [6.45, 7) is 0. The van der Waals surface area contributed by atoms with Gasteiger partial charge in [0, 0.05) is 23.8 Å². The van der Waals surface area contributed by atoms with Gasteiger partial charge in [0.1, 0.15) is 11.8 Å². The van der Waals surface area contributed by atoms with Gasteiger partial charge < -0.3 is 14.8 Å². The predicted molar refractivity (Wildman–Crippen MR) is 67.9 cm³/mol. The van der Waals surface area contributed by atoms with Crippen molar-refractivity contribution in [2.75, 3.05) is 0 Å². The van der Waals surface area contributed by atoms with Crippen molar-refractivity contribution < 1.29 is 15.0 Å². The van der Waals surface area contributed by atoms with Crippen molar-refractivity contribution in [1.29, 1.82) is 0 Å². The molecule has 0 amide bonds. The number of nitrogens with zero attached hydrogens (tertiary/aromatic N) is 1. The number of hydrogen-bond donors (Lipinski definition) is 2. The first-order valence-electron chi connectivity index (χ1n) is 5.32. The van der Waals surface area contributed by atoms with Gasteiger partial charge in [-0.2, -0.15) is 0 Å². The van der Waals surface area contributed by atoms with Crippen LogP contribution < -0.4 is 0 Å². The molecule has 1 heterocycles. The highest BCUT2D eigenvalue weighted by molar-refractivity contribution is 6.30. The molecular formula is C13H12ClNO3. The first-order valence-corrected chi connectivity index (χ1v) is 5.70. The Morgan fingerprint density at radius 3 is 2.61 bits per heavy atom. The van der Waals surface area contributed by atoms with E-state index >= 15 is 0 Å². The summed E-state index contributed by atoms with van der Waals surface area (Å²) in [5.41, 5.74) is 1.29. The van der Waals surface area contributed by atoms with E-state index in [0.717, 1.165) is 0 Å². The van der Waals surface area contributed by atoms with Crippen molar-refractivity contribution in [2.24, 2.45) is 7.05 Å². The topological polar surface area (TPSA) is 62.5 Å². The quantitative estimate of drug-likeness (QED) is 0.896. The average Bonchev–Trinajstić information content (AvgIpc) is 2.70. The SMILES string of the molecule is Cn1cc(C(O)c2cccc(Cl)c2)cc1C(=O)O. The molecule has 1 atom stereocenters. The zero-order valence-electron chi connectivity index (χ0n) is 9.67. The number of halogens is 1. The lowest BCUT2D eigenvalue weighted by Gasteiger charge is -2.09. The molecule has 2 rings (SSSR count). The highest BCUT2D eigenvalue weighted by Gasteiger charge is 2.17.